The van der Waals surface area contributed by atoms with Crippen LogP contribution >= 0.6 is 11.8 Å². The molecule has 1 N–H and O–H groups in total. The summed E-state index contributed by atoms with van der Waals surface area (Å²) in [6, 6.07) is 11.3. The van der Waals surface area contributed by atoms with Gasteiger partial charge in [-0.15, -0.1) is 11.8 Å². The van der Waals surface area contributed by atoms with Crippen molar-refractivity contribution >= 4 is 17.4 Å². The number of hydrogen-bond acceptors (Lipinski definition) is 3. The molecule has 5 heteroatoms. The zero-order valence-electron chi connectivity index (χ0n) is 12.0. The molecule has 0 fully saturated rings. The van der Waals surface area contributed by atoms with Crippen molar-refractivity contribution in [3.05, 3.63) is 65.9 Å². The van der Waals surface area contributed by atoms with E-state index in [4.69, 9.17) is 0 Å². The van der Waals surface area contributed by atoms with Gasteiger partial charge in [0, 0.05) is 23.7 Å². The summed E-state index contributed by atoms with van der Waals surface area (Å²) >= 11 is 1.80. The van der Waals surface area contributed by atoms with Crippen molar-refractivity contribution in [3.63, 3.8) is 0 Å². The van der Waals surface area contributed by atoms with Gasteiger partial charge in [-0.2, -0.15) is 0 Å². The van der Waals surface area contributed by atoms with Gasteiger partial charge in [0.2, 0.25) is 0 Å². The molecule has 0 bridgehead atoms. The van der Waals surface area contributed by atoms with Gasteiger partial charge in [-0.25, -0.2) is 9.37 Å². The zero-order valence-corrected chi connectivity index (χ0v) is 12.8. The molecule has 3 nitrogen and oxygen atoms in total. The lowest BCUT2D eigenvalue weighted by atomic mass is 10.0. The van der Waals surface area contributed by atoms with Crippen molar-refractivity contribution in [2.24, 2.45) is 0 Å². The Labute approximate surface area is 132 Å². The van der Waals surface area contributed by atoms with Crippen LogP contribution in [0.5, 0.6) is 0 Å². The summed E-state index contributed by atoms with van der Waals surface area (Å²) in [5, 5.41) is 3.56. The molecule has 0 amide bonds. The monoisotopic (exact) mass is 313 g/mol. The minimum atomic E-state index is -0.164. The number of nitrogens with zero attached hydrogens (tertiary/aromatic N) is 2. The minimum Gasteiger partial charge on any atom is -0.304 e. The Morgan fingerprint density at radius 2 is 2.27 bits per heavy atom. The molecule has 112 valence electrons. The van der Waals surface area contributed by atoms with Crippen molar-refractivity contribution in [2.75, 3.05) is 5.75 Å². The van der Waals surface area contributed by atoms with Gasteiger partial charge in [-0.05, 0) is 48.1 Å². The smallest absolute Gasteiger partial charge is 0.136 e. The summed E-state index contributed by atoms with van der Waals surface area (Å²) < 4.78 is 15.6. The van der Waals surface area contributed by atoms with Crippen LogP contribution in [-0.4, -0.2) is 15.1 Å². The lowest BCUT2D eigenvalue weighted by molar-refractivity contribution is 0.499. The maximum atomic E-state index is 13.5. The molecule has 2 aromatic heterocycles. The van der Waals surface area contributed by atoms with Crippen LogP contribution in [0.4, 0.5) is 4.39 Å². The first kappa shape index (κ1) is 13.8. The second kappa shape index (κ2) is 5.74. The number of imidazole rings is 1. The third-order valence-electron chi connectivity index (χ3n) is 4.03. The van der Waals surface area contributed by atoms with Crippen molar-refractivity contribution in [1.82, 2.24) is 14.7 Å². The lowest BCUT2D eigenvalue weighted by Gasteiger charge is -2.26. The Balaban J connectivity index is 1.57. The molecule has 22 heavy (non-hydrogen) atoms. The molecule has 1 unspecified atom stereocenters. The first-order chi connectivity index (χ1) is 10.8. The molecule has 0 saturated heterocycles. The standard InChI is InChI=1S/C17H16FN3S/c18-12-4-5-16-14(9-12)15(6-8-22-16)19-10-13-11-20-17-3-1-2-7-21(13)17/h1-5,7,9,11,15,19H,6,8,10H2. The van der Waals surface area contributed by atoms with Crippen LogP contribution in [0.1, 0.15) is 23.7 Å². The van der Waals surface area contributed by atoms with Gasteiger partial charge in [0.15, 0.2) is 0 Å². The van der Waals surface area contributed by atoms with Gasteiger partial charge in [-0.1, -0.05) is 6.07 Å². The lowest BCUT2D eigenvalue weighted by Crippen LogP contribution is -2.25. The van der Waals surface area contributed by atoms with Crippen LogP contribution in [0, 0.1) is 5.82 Å². The predicted molar refractivity (Wildman–Crippen MR) is 86.5 cm³/mol. The van der Waals surface area contributed by atoms with Crippen LogP contribution < -0.4 is 5.32 Å². The summed E-state index contributed by atoms with van der Waals surface area (Å²) in [7, 11) is 0. The fourth-order valence-corrected chi connectivity index (χ4v) is 4.03. The molecular formula is C17H16FN3S. The zero-order chi connectivity index (χ0) is 14.9. The number of pyridine rings is 1. The summed E-state index contributed by atoms with van der Waals surface area (Å²) in [5.41, 5.74) is 3.14. The molecule has 4 rings (SSSR count). The fraction of sp³-hybridized carbons (Fsp3) is 0.235. The van der Waals surface area contributed by atoms with E-state index in [0.717, 1.165) is 35.6 Å². The van der Waals surface area contributed by atoms with Gasteiger partial charge in [0.25, 0.3) is 0 Å². The molecule has 1 aliphatic rings. The molecule has 0 aliphatic carbocycles. The highest BCUT2D eigenvalue weighted by Gasteiger charge is 2.21. The maximum absolute atomic E-state index is 13.5. The molecule has 3 aromatic rings. The largest absolute Gasteiger partial charge is 0.304 e. The molecule has 0 spiro atoms. The van der Waals surface area contributed by atoms with Crippen LogP contribution in [0.15, 0.2) is 53.7 Å². The van der Waals surface area contributed by atoms with E-state index in [9.17, 15) is 4.39 Å². The van der Waals surface area contributed by atoms with Crippen molar-refractivity contribution < 1.29 is 4.39 Å². The number of rotatable bonds is 3. The topological polar surface area (TPSA) is 29.3 Å². The van der Waals surface area contributed by atoms with Crippen LogP contribution in [0.2, 0.25) is 0 Å². The van der Waals surface area contributed by atoms with E-state index < -0.39 is 0 Å². The second-order valence-electron chi connectivity index (χ2n) is 5.43. The Hall–Kier alpha value is -1.85. The van der Waals surface area contributed by atoms with Gasteiger partial charge in [0.1, 0.15) is 11.5 Å². The number of thioether (sulfide) groups is 1. The molecule has 3 heterocycles. The third-order valence-corrected chi connectivity index (χ3v) is 5.16. The van der Waals surface area contributed by atoms with E-state index in [-0.39, 0.29) is 11.9 Å². The number of halogens is 1. The second-order valence-corrected chi connectivity index (χ2v) is 6.57. The van der Waals surface area contributed by atoms with Gasteiger partial charge in [-0.3, -0.25) is 0 Å². The van der Waals surface area contributed by atoms with E-state index in [2.05, 4.69) is 14.7 Å². The summed E-state index contributed by atoms with van der Waals surface area (Å²) in [5.74, 6) is 0.895. The molecular weight excluding hydrogens is 297 g/mol. The van der Waals surface area contributed by atoms with Gasteiger partial charge < -0.3 is 9.72 Å². The quantitative estimate of drug-likeness (QED) is 0.797. The summed E-state index contributed by atoms with van der Waals surface area (Å²) in [4.78, 5) is 5.58. The predicted octanol–water partition coefficient (Wildman–Crippen LogP) is 3.80. The first-order valence-electron chi connectivity index (χ1n) is 7.38. The van der Waals surface area contributed by atoms with E-state index in [1.54, 1.807) is 23.9 Å². The molecule has 1 atom stereocenters. The summed E-state index contributed by atoms with van der Waals surface area (Å²) in [6.07, 6.45) is 4.92. The fourth-order valence-electron chi connectivity index (χ4n) is 2.92. The van der Waals surface area contributed by atoms with Crippen molar-refractivity contribution in [2.45, 2.75) is 23.9 Å². The van der Waals surface area contributed by atoms with Crippen LogP contribution in [0.3, 0.4) is 0 Å². The summed E-state index contributed by atoms with van der Waals surface area (Å²) in [6.45, 7) is 0.719. The molecule has 0 saturated carbocycles. The maximum Gasteiger partial charge on any atom is 0.136 e. The van der Waals surface area contributed by atoms with Gasteiger partial charge in [0.05, 0.1) is 11.9 Å². The highest BCUT2D eigenvalue weighted by Crippen LogP contribution is 2.36. The Morgan fingerprint density at radius 3 is 3.23 bits per heavy atom. The van der Waals surface area contributed by atoms with E-state index in [1.165, 1.54) is 4.90 Å². The average Bonchev–Trinajstić information content (AvgIpc) is 2.96. The van der Waals surface area contributed by atoms with Crippen molar-refractivity contribution in [3.8, 4) is 0 Å². The molecule has 1 aromatic carbocycles. The third kappa shape index (κ3) is 2.51. The Kier molecular flexibility index (Phi) is 3.60. The highest BCUT2D eigenvalue weighted by molar-refractivity contribution is 7.99. The number of aromatic nitrogens is 2. The van der Waals surface area contributed by atoms with Crippen LogP contribution in [0.25, 0.3) is 5.65 Å². The number of fused-ring (bicyclic) bond motifs is 2. The van der Waals surface area contributed by atoms with Crippen molar-refractivity contribution in [1.29, 1.82) is 0 Å². The van der Waals surface area contributed by atoms with E-state index in [0.29, 0.717) is 0 Å². The van der Waals surface area contributed by atoms with E-state index >= 15 is 0 Å². The van der Waals surface area contributed by atoms with Crippen LogP contribution in [-0.2, 0) is 6.54 Å². The normalized spacial score (nSPS) is 17.6. The molecule has 1 aliphatic heterocycles. The Morgan fingerprint density at radius 1 is 1.32 bits per heavy atom. The SMILES string of the molecule is Fc1ccc2c(c1)C(NCc1cnc3ccccn13)CCS2. The number of hydrogen-bond donors (Lipinski definition) is 1. The number of nitrogens with one attached hydrogen (secondary N) is 1. The first-order valence-corrected chi connectivity index (χ1v) is 8.36. The Bertz CT molecular complexity index is 815. The molecule has 0 radical (unpaired) electrons. The number of benzene rings is 1. The minimum absolute atomic E-state index is 0.164. The van der Waals surface area contributed by atoms with E-state index in [1.807, 2.05) is 36.7 Å². The average molecular weight is 313 g/mol. The highest BCUT2D eigenvalue weighted by atomic mass is 32.2. The van der Waals surface area contributed by atoms with Gasteiger partial charge >= 0.3 is 0 Å².